The Kier molecular flexibility index (Phi) is 1.69. The van der Waals surface area contributed by atoms with Crippen LogP contribution >= 0.6 is 11.3 Å². The highest BCUT2D eigenvalue weighted by atomic mass is 32.1. The zero-order chi connectivity index (χ0) is 8.55. The van der Waals surface area contributed by atoms with Gasteiger partial charge in [-0.1, -0.05) is 18.3 Å². The van der Waals surface area contributed by atoms with E-state index < -0.39 is 0 Å². The Balaban J connectivity index is 2.74. The minimum absolute atomic E-state index is 0.0363. The van der Waals surface area contributed by atoms with E-state index in [1.54, 1.807) is 0 Å². The summed E-state index contributed by atoms with van der Waals surface area (Å²) in [6, 6.07) is 3.88. The predicted octanol–water partition coefficient (Wildman–Crippen LogP) is 1.55. The van der Waals surface area contributed by atoms with Gasteiger partial charge in [0.1, 0.15) is 0 Å². The Labute approximate surface area is 73.1 Å². The number of aromatic nitrogens is 2. The molecule has 62 valence electrons. The van der Waals surface area contributed by atoms with Gasteiger partial charge in [-0.25, -0.2) is 4.98 Å². The van der Waals surface area contributed by atoms with E-state index in [-0.39, 0.29) is 4.87 Å². The molecular formula is C8H8N2OS. The topological polar surface area (TPSA) is 45.8 Å². The van der Waals surface area contributed by atoms with Gasteiger partial charge in [-0.3, -0.25) is 9.78 Å². The summed E-state index contributed by atoms with van der Waals surface area (Å²) in [5.41, 5.74) is 1.72. The maximum absolute atomic E-state index is 10.9. The van der Waals surface area contributed by atoms with Crippen LogP contribution in [0, 0.1) is 0 Å². The number of aryl methyl sites for hydroxylation is 1. The molecule has 0 spiro atoms. The molecule has 3 nitrogen and oxygen atoms in total. The Hall–Kier alpha value is -1.16. The van der Waals surface area contributed by atoms with Crippen LogP contribution in [0.2, 0.25) is 0 Å². The summed E-state index contributed by atoms with van der Waals surface area (Å²) in [6.45, 7) is 2.04. The summed E-state index contributed by atoms with van der Waals surface area (Å²) >= 11 is 1.20. The number of pyridine rings is 1. The van der Waals surface area contributed by atoms with Crippen LogP contribution in [0.25, 0.3) is 10.3 Å². The van der Waals surface area contributed by atoms with Crippen LogP contribution in [0.15, 0.2) is 16.9 Å². The van der Waals surface area contributed by atoms with Gasteiger partial charge in [0.25, 0.3) is 0 Å². The highest BCUT2D eigenvalue weighted by molar-refractivity contribution is 7.16. The van der Waals surface area contributed by atoms with Crippen LogP contribution in [-0.2, 0) is 6.42 Å². The van der Waals surface area contributed by atoms with Crippen molar-refractivity contribution in [2.45, 2.75) is 13.3 Å². The molecule has 0 fully saturated rings. The fraction of sp³-hybridized carbons (Fsp3) is 0.250. The van der Waals surface area contributed by atoms with Crippen LogP contribution in [0.5, 0.6) is 0 Å². The van der Waals surface area contributed by atoms with Crippen molar-refractivity contribution in [3.63, 3.8) is 0 Å². The van der Waals surface area contributed by atoms with Crippen LogP contribution in [-0.4, -0.2) is 9.97 Å². The third-order valence-electron chi connectivity index (χ3n) is 1.70. The first kappa shape index (κ1) is 7.49. The van der Waals surface area contributed by atoms with Gasteiger partial charge >= 0.3 is 4.87 Å². The molecule has 2 aromatic heterocycles. The summed E-state index contributed by atoms with van der Waals surface area (Å²) in [5.74, 6) is 0. The van der Waals surface area contributed by atoms with Gasteiger partial charge in [0.2, 0.25) is 0 Å². The summed E-state index contributed by atoms with van der Waals surface area (Å²) in [5, 5.41) is 0. The molecule has 0 radical (unpaired) electrons. The number of thiazole rings is 1. The fourth-order valence-electron chi connectivity index (χ4n) is 1.08. The number of nitrogens with one attached hydrogen (secondary N) is 1. The first-order valence-corrected chi connectivity index (χ1v) is 4.60. The van der Waals surface area contributed by atoms with E-state index in [1.165, 1.54) is 11.3 Å². The predicted molar refractivity (Wildman–Crippen MR) is 49.6 cm³/mol. The van der Waals surface area contributed by atoms with Crippen LogP contribution in [0.4, 0.5) is 0 Å². The molecule has 0 aliphatic rings. The second-order valence-corrected chi connectivity index (χ2v) is 3.53. The molecule has 2 heterocycles. The zero-order valence-corrected chi connectivity index (χ0v) is 7.44. The number of fused-ring (bicyclic) bond motifs is 1. The molecular weight excluding hydrogens is 172 g/mol. The number of rotatable bonds is 1. The molecule has 0 bridgehead atoms. The quantitative estimate of drug-likeness (QED) is 0.723. The van der Waals surface area contributed by atoms with E-state index >= 15 is 0 Å². The van der Waals surface area contributed by atoms with E-state index in [2.05, 4.69) is 9.97 Å². The molecule has 0 unspecified atom stereocenters. The second kappa shape index (κ2) is 2.71. The number of aromatic amines is 1. The normalized spacial score (nSPS) is 10.8. The van der Waals surface area contributed by atoms with Crippen molar-refractivity contribution in [2.75, 3.05) is 0 Å². The molecule has 1 N–H and O–H groups in total. The van der Waals surface area contributed by atoms with Gasteiger partial charge in [0.15, 0.2) is 5.65 Å². The molecule has 0 aliphatic heterocycles. The average Bonchev–Trinajstić information content (AvgIpc) is 2.43. The van der Waals surface area contributed by atoms with Crippen molar-refractivity contribution in [1.29, 1.82) is 0 Å². The highest BCUT2D eigenvalue weighted by Gasteiger charge is 1.99. The molecule has 0 aliphatic carbocycles. The number of nitrogens with zero attached hydrogens (tertiary/aromatic N) is 1. The maximum Gasteiger partial charge on any atom is 0.306 e. The zero-order valence-electron chi connectivity index (χ0n) is 6.63. The fourth-order valence-corrected chi connectivity index (χ4v) is 1.75. The molecule has 0 saturated carbocycles. The first-order valence-electron chi connectivity index (χ1n) is 3.78. The standard InChI is InChI=1S/C8H8N2OS/c1-2-5-3-4-6-7(9-5)10-8(11)12-6/h3-4H,2H2,1H3,(H,9,10,11). The van der Waals surface area contributed by atoms with Crippen molar-refractivity contribution in [3.05, 3.63) is 27.5 Å². The van der Waals surface area contributed by atoms with Crippen molar-refractivity contribution < 1.29 is 0 Å². The molecule has 0 saturated heterocycles. The van der Waals surface area contributed by atoms with E-state index in [0.29, 0.717) is 5.65 Å². The lowest BCUT2D eigenvalue weighted by molar-refractivity contribution is 1.05. The minimum atomic E-state index is -0.0363. The third kappa shape index (κ3) is 1.14. The minimum Gasteiger partial charge on any atom is -0.297 e. The van der Waals surface area contributed by atoms with Crippen LogP contribution < -0.4 is 4.87 Å². The Bertz CT molecular complexity index is 457. The second-order valence-electron chi connectivity index (χ2n) is 2.52. The maximum atomic E-state index is 10.9. The van der Waals surface area contributed by atoms with Gasteiger partial charge in [-0.05, 0) is 18.6 Å². The van der Waals surface area contributed by atoms with E-state index in [9.17, 15) is 4.79 Å². The SMILES string of the molecule is CCc1ccc2sc(=O)[nH]c2n1. The smallest absolute Gasteiger partial charge is 0.297 e. The van der Waals surface area contributed by atoms with Crippen molar-refractivity contribution in [2.24, 2.45) is 0 Å². The van der Waals surface area contributed by atoms with E-state index in [4.69, 9.17) is 0 Å². The van der Waals surface area contributed by atoms with E-state index in [0.717, 1.165) is 16.8 Å². The molecule has 4 heteroatoms. The summed E-state index contributed by atoms with van der Waals surface area (Å²) in [7, 11) is 0. The largest absolute Gasteiger partial charge is 0.306 e. The summed E-state index contributed by atoms with van der Waals surface area (Å²) in [6.07, 6.45) is 0.897. The van der Waals surface area contributed by atoms with Crippen LogP contribution in [0.3, 0.4) is 0 Å². The lowest BCUT2D eigenvalue weighted by Crippen LogP contribution is -1.92. The molecule has 0 amide bonds. The third-order valence-corrected chi connectivity index (χ3v) is 2.54. The number of H-pyrrole nitrogens is 1. The van der Waals surface area contributed by atoms with Crippen LogP contribution in [0.1, 0.15) is 12.6 Å². The Morgan fingerprint density at radius 2 is 2.42 bits per heavy atom. The van der Waals surface area contributed by atoms with E-state index in [1.807, 2.05) is 19.1 Å². The molecule has 2 aromatic rings. The molecule has 12 heavy (non-hydrogen) atoms. The van der Waals surface area contributed by atoms with Crippen molar-refractivity contribution in [1.82, 2.24) is 9.97 Å². The summed E-state index contributed by atoms with van der Waals surface area (Å²) in [4.78, 5) is 17.8. The molecule has 0 aromatic carbocycles. The number of hydrogen-bond acceptors (Lipinski definition) is 3. The van der Waals surface area contributed by atoms with Gasteiger partial charge < -0.3 is 0 Å². The summed E-state index contributed by atoms with van der Waals surface area (Å²) < 4.78 is 0.928. The first-order chi connectivity index (χ1) is 5.79. The highest BCUT2D eigenvalue weighted by Crippen LogP contribution is 2.12. The lowest BCUT2D eigenvalue weighted by Gasteiger charge is -1.92. The molecule has 2 rings (SSSR count). The van der Waals surface area contributed by atoms with Gasteiger partial charge in [-0.2, -0.15) is 0 Å². The Morgan fingerprint density at radius 1 is 1.58 bits per heavy atom. The average molecular weight is 180 g/mol. The lowest BCUT2D eigenvalue weighted by atomic mass is 10.3. The number of hydrogen-bond donors (Lipinski definition) is 1. The van der Waals surface area contributed by atoms with Gasteiger partial charge in [0, 0.05) is 5.69 Å². The molecule has 0 atom stereocenters. The van der Waals surface area contributed by atoms with Crippen molar-refractivity contribution >= 4 is 21.7 Å². The van der Waals surface area contributed by atoms with Gasteiger partial charge in [0.05, 0.1) is 4.70 Å². The Morgan fingerprint density at radius 3 is 3.17 bits per heavy atom. The monoisotopic (exact) mass is 180 g/mol. The van der Waals surface area contributed by atoms with Crippen molar-refractivity contribution in [3.8, 4) is 0 Å². The van der Waals surface area contributed by atoms with Gasteiger partial charge in [-0.15, -0.1) is 0 Å².